The summed E-state index contributed by atoms with van der Waals surface area (Å²) in [6, 6.07) is 11.7. The summed E-state index contributed by atoms with van der Waals surface area (Å²) in [5, 5.41) is 2.89. The Bertz CT molecular complexity index is 697. The van der Waals surface area contributed by atoms with Crippen LogP contribution in [0.5, 0.6) is 5.75 Å². The Morgan fingerprint density at radius 1 is 1.25 bits per heavy atom. The van der Waals surface area contributed by atoms with E-state index in [9.17, 15) is 4.79 Å². The number of amides is 1. The van der Waals surface area contributed by atoms with Crippen molar-refractivity contribution in [2.45, 2.75) is 26.3 Å². The molecule has 1 N–H and O–H groups in total. The van der Waals surface area contributed by atoms with Gasteiger partial charge in [0.15, 0.2) is 6.61 Å². The first-order valence-electron chi connectivity index (χ1n) is 8.37. The van der Waals surface area contributed by atoms with Crippen molar-refractivity contribution < 1.29 is 9.53 Å². The monoisotopic (exact) mass is 325 g/mol. The van der Waals surface area contributed by atoms with Crippen LogP contribution in [0.3, 0.4) is 0 Å². The summed E-state index contributed by atoms with van der Waals surface area (Å²) in [5.41, 5.74) is 2.16. The molecule has 1 aromatic carbocycles. The second-order valence-corrected chi connectivity index (χ2v) is 6.10. The number of hydrogen-bond donors (Lipinski definition) is 1. The molecule has 0 bridgehead atoms. The third-order valence-electron chi connectivity index (χ3n) is 4.09. The van der Waals surface area contributed by atoms with Crippen LogP contribution in [0.1, 0.15) is 24.0 Å². The molecule has 1 aliphatic heterocycles. The van der Waals surface area contributed by atoms with Crippen molar-refractivity contribution in [3.05, 3.63) is 53.7 Å². The van der Waals surface area contributed by atoms with Crippen molar-refractivity contribution >= 4 is 11.7 Å². The van der Waals surface area contributed by atoms with Gasteiger partial charge in [-0.3, -0.25) is 4.79 Å². The molecule has 0 radical (unpaired) electrons. The minimum Gasteiger partial charge on any atom is -0.484 e. The van der Waals surface area contributed by atoms with Crippen molar-refractivity contribution in [2.24, 2.45) is 0 Å². The maximum atomic E-state index is 12.0. The van der Waals surface area contributed by atoms with Gasteiger partial charge in [0.25, 0.3) is 5.91 Å². The number of benzene rings is 1. The van der Waals surface area contributed by atoms with Crippen LogP contribution < -0.4 is 15.0 Å². The fourth-order valence-electron chi connectivity index (χ4n) is 2.80. The number of nitrogens with one attached hydrogen (secondary N) is 1. The number of aromatic nitrogens is 1. The molecule has 0 saturated carbocycles. The number of carbonyl (C=O) groups excluding carboxylic acids is 1. The van der Waals surface area contributed by atoms with E-state index in [2.05, 4.69) is 15.2 Å². The molecule has 0 unspecified atom stereocenters. The van der Waals surface area contributed by atoms with Gasteiger partial charge >= 0.3 is 0 Å². The minimum absolute atomic E-state index is 0.0213. The Morgan fingerprint density at radius 2 is 2.08 bits per heavy atom. The lowest BCUT2D eigenvalue weighted by molar-refractivity contribution is -0.123. The second kappa shape index (κ2) is 7.81. The average molecular weight is 325 g/mol. The van der Waals surface area contributed by atoms with Crippen LogP contribution in [0.25, 0.3) is 0 Å². The molecule has 1 amide bonds. The highest BCUT2D eigenvalue weighted by Crippen LogP contribution is 2.18. The van der Waals surface area contributed by atoms with Crippen LogP contribution in [-0.4, -0.2) is 30.6 Å². The van der Waals surface area contributed by atoms with E-state index in [1.165, 1.54) is 12.8 Å². The topological polar surface area (TPSA) is 54.5 Å². The van der Waals surface area contributed by atoms with Crippen LogP contribution in [0.4, 0.5) is 5.82 Å². The molecule has 126 valence electrons. The molecular formula is C19H23N3O2. The Balaban J connectivity index is 1.48. The maximum Gasteiger partial charge on any atom is 0.258 e. The number of rotatable bonds is 6. The molecule has 1 saturated heterocycles. The number of anilines is 1. The number of carbonyl (C=O) groups is 1. The highest BCUT2D eigenvalue weighted by atomic mass is 16.5. The lowest BCUT2D eigenvalue weighted by atomic mass is 10.2. The minimum atomic E-state index is -0.129. The largest absolute Gasteiger partial charge is 0.484 e. The first-order valence-corrected chi connectivity index (χ1v) is 8.37. The summed E-state index contributed by atoms with van der Waals surface area (Å²) < 4.78 is 5.51. The first kappa shape index (κ1) is 16.3. The van der Waals surface area contributed by atoms with Crippen molar-refractivity contribution in [2.75, 3.05) is 24.6 Å². The zero-order valence-corrected chi connectivity index (χ0v) is 14.0. The molecular weight excluding hydrogens is 302 g/mol. The number of nitrogens with zero attached hydrogens (tertiary/aromatic N) is 2. The van der Waals surface area contributed by atoms with Gasteiger partial charge in [-0.25, -0.2) is 4.98 Å². The third-order valence-corrected chi connectivity index (χ3v) is 4.09. The highest BCUT2D eigenvalue weighted by molar-refractivity contribution is 5.77. The summed E-state index contributed by atoms with van der Waals surface area (Å²) in [5.74, 6) is 1.58. The van der Waals surface area contributed by atoms with Crippen LogP contribution in [0.2, 0.25) is 0 Å². The highest BCUT2D eigenvalue weighted by Gasteiger charge is 2.13. The Hall–Kier alpha value is -2.56. The summed E-state index contributed by atoms with van der Waals surface area (Å²) >= 11 is 0. The van der Waals surface area contributed by atoms with Gasteiger partial charge in [-0.2, -0.15) is 0 Å². The fourth-order valence-corrected chi connectivity index (χ4v) is 2.80. The summed E-state index contributed by atoms with van der Waals surface area (Å²) in [6.45, 7) is 4.63. The zero-order chi connectivity index (χ0) is 16.8. The molecule has 2 heterocycles. The summed E-state index contributed by atoms with van der Waals surface area (Å²) in [4.78, 5) is 18.7. The van der Waals surface area contributed by atoms with E-state index < -0.39 is 0 Å². The quantitative estimate of drug-likeness (QED) is 0.887. The molecule has 24 heavy (non-hydrogen) atoms. The molecule has 0 atom stereocenters. The maximum absolute atomic E-state index is 12.0. The number of pyridine rings is 1. The normalized spacial score (nSPS) is 13.8. The van der Waals surface area contributed by atoms with E-state index in [-0.39, 0.29) is 12.5 Å². The van der Waals surface area contributed by atoms with Gasteiger partial charge in [0.1, 0.15) is 11.6 Å². The van der Waals surface area contributed by atoms with Crippen molar-refractivity contribution in [1.82, 2.24) is 10.3 Å². The van der Waals surface area contributed by atoms with Gasteiger partial charge < -0.3 is 15.0 Å². The SMILES string of the molecule is Cc1cccc(OCC(=O)NCc2ccnc(N3CCCC3)c2)c1. The Kier molecular flexibility index (Phi) is 5.31. The van der Waals surface area contributed by atoms with Gasteiger partial charge in [-0.15, -0.1) is 0 Å². The van der Waals surface area contributed by atoms with Gasteiger partial charge in [0.2, 0.25) is 0 Å². The van der Waals surface area contributed by atoms with E-state index in [1.54, 1.807) is 6.20 Å². The third kappa shape index (κ3) is 4.47. The van der Waals surface area contributed by atoms with Crippen molar-refractivity contribution in [3.63, 3.8) is 0 Å². The van der Waals surface area contributed by atoms with Crippen LogP contribution in [-0.2, 0) is 11.3 Å². The molecule has 5 nitrogen and oxygen atoms in total. The smallest absolute Gasteiger partial charge is 0.258 e. The van der Waals surface area contributed by atoms with E-state index >= 15 is 0 Å². The molecule has 1 aliphatic rings. The van der Waals surface area contributed by atoms with Crippen molar-refractivity contribution in [1.29, 1.82) is 0 Å². The predicted molar refractivity (Wildman–Crippen MR) is 94.2 cm³/mol. The lowest BCUT2D eigenvalue weighted by Gasteiger charge is -2.17. The number of ether oxygens (including phenoxy) is 1. The molecule has 0 aliphatic carbocycles. The second-order valence-electron chi connectivity index (χ2n) is 6.10. The first-order chi connectivity index (χ1) is 11.7. The Morgan fingerprint density at radius 3 is 2.88 bits per heavy atom. The molecule has 1 fully saturated rings. The average Bonchev–Trinajstić information content (AvgIpc) is 3.13. The summed E-state index contributed by atoms with van der Waals surface area (Å²) in [6.07, 6.45) is 4.25. The van der Waals surface area contributed by atoms with Crippen LogP contribution in [0.15, 0.2) is 42.6 Å². The van der Waals surface area contributed by atoms with Crippen LogP contribution in [0, 0.1) is 6.92 Å². The predicted octanol–water partition coefficient (Wildman–Crippen LogP) is 2.69. The Labute approximate surface area is 142 Å². The van der Waals surface area contributed by atoms with E-state index in [1.807, 2.05) is 43.3 Å². The number of hydrogen-bond acceptors (Lipinski definition) is 4. The van der Waals surface area contributed by atoms with Crippen molar-refractivity contribution in [3.8, 4) is 5.75 Å². The van der Waals surface area contributed by atoms with Gasteiger partial charge in [-0.1, -0.05) is 12.1 Å². The van der Waals surface area contributed by atoms with E-state index in [4.69, 9.17) is 4.74 Å². The zero-order valence-electron chi connectivity index (χ0n) is 14.0. The van der Waals surface area contributed by atoms with Gasteiger partial charge in [-0.05, 0) is 55.2 Å². The molecule has 5 heteroatoms. The van der Waals surface area contributed by atoms with Gasteiger partial charge in [0, 0.05) is 25.8 Å². The lowest BCUT2D eigenvalue weighted by Crippen LogP contribution is -2.28. The molecule has 2 aromatic rings. The molecule has 1 aromatic heterocycles. The van der Waals surface area contributed by atoms with Gasteiger partial charge in [0.05, 0.1) is 0 Å². The number of aryl methyl sites for hydroxylation is 1. The fraction of sp³-hybridized carbons (Fsp3) is 0.368. The van der Waals surface area contributed by atoms with Crippen LogP contribution >= 0.6 is 0 Å². The van der Waals surface area contributed by atoms with E-state index in [0.29, 0.717) is 12.3 Å². The molecule has 0 spiro atoms. The summed E-state index contributed by atoms with van der Waals surface area (Å²) in [7, 11) is 0. The molecule has 3 rings (SSSR count). The standard InChI is InChI=1S/C19H23N3O2/c1-15-5-4-6-17(11-15)24-14-19(23)21-13-16-7-8-20-18(12-16)22-9-2-3-10-22/h4-8,11-12H,2-3,9-10,13-14H2,1H3,(H,21,23). The van der Waals surface area contributed by atoms with E-state index in [0.717, 1.165) is 30.0 Å².